The number of amides is 1. The van der Waals surface area contributed by atoms with Gasteiger partial charge in [-0.3, -0.25) is 4.79 Å². The van der Waals surface area contributed by atoms with Crippen LogP contribution >= 0.6 is 0 Å². The summed E-state index contributed by atoms with van der Waals surface area (Å²) in [6.45, 7) is 0.589. The maximum absolute atomic E-state index is 13.0. The van der Waals surface area contributed by atoms with Crippen LogP contribution in [0.3, 0.4) is 0 Å². The number of carbonyl (C=O) groups is 1. The fourth-order valence-corrected chi connectivity index (χ4v) is 6.45. The number of nitrogens with zero attached hydrogens (tertiary/aromatic N) is 1. The number of carbonyl (C=O) groups excluding carboxylic acids is 1. The molecule has 33 heavy (non-hydrogen) atoms. The lowest BCUT2D eigenvalue weighted by Crippen LogP contribution is -2.36. The molecule has 3 aromatic rings. The second-order valence-corrected chi connectivity index (χ2v) is 11.9. The van der Waals surface area contributed by atoms with Crippen LogP contribution in [0.15, 0.2) is 88.7 Å². The van der Waals surface area contributed by atoms with Gasteiger partial charge in [-0.05, 0) is 53.9 Å². The van der Waals surface area contributed by atoms with E-state index in [0.717, 1.165) is 11.1 Å². The molecule has 1 heterocycles. The lowest BCUT2D eigenvalue weighted by atomic mass is 10.0. The Morgan fingerprint density at radius 2 is 1.45 bits per heavy atom. The van der Waals surface area contributed by atoms with Crippen molar-refractivity contribution < 1.29 is 21.6 Å². The van der Waals surface area contributed by atoms with Gasteiger partial charge < -0.3 is 5.32 Å². The number of rotatable bonds is 7. The van der Waals surface area contributed by atoms with Gasteiger partial charge in [0.2, 0.25) is 15.9 Å². The Kier molecular flexibility index (Phi) is 6.64. The Balaban J connectivity index is 1.42. The zero-order valence-electron chi connectivity index (χ0n) is 17.8. The van der Waals surface area contributed by atoms with Gasteiger partial charge in [0.05, 0.1) is 15.5 Å². The molecule has 0 atom stereocenters. The molecule has 3 aromatic carbocycles. The molecule has 0 aromatic heterocycles. The van der Waals surface area contributed by atoms with Crippen molar-refractivity contribution in [2.75, 3.05) is 17.6 Å². The molecule has 0 radical (unpaired) electrons. The molecule has 0 fully saturated rings. The van der Waals surface area contributed by atoms with Crippen LogP contribution in [-0.2, 0) is 37.6 Å². The zero-order valence-corrected chi connectivity index (χ0v) is 19.5. The van der Waals surface area contributed by atoms with Crippen LogP contribution in [0, 0.1) is 0 Å². The van der Waals surface area contributed by atoms with Crippen molar-refractivity contribution in [1.82, 2.24) is 4.31 Å². The maximum atomic E-state index is 13.0. The van der Waals surface area contributed by atoms with E-state index in [4.69, 9.17) is 0 Å². The minimum absolute atomic E-state index is 0.178. The van der Waals surface area contributed by atoms with Crippen molar-refractivity contribution >= 4 is 31.5 Å². The normalized spacial score (nSPS) is 14.4. The second kappa shape index (κ2) is 9.46. The highest BCUT2D eigenvalue weighted by atomic mass is 32.2. The van der Waals surface area contributed by atoms with E-state index in [-0.39, 0.29) is 28.5 Å². The van der Waals surface area contributed by atoms with Crippen molar-refractivity contribution in [2.45, 2.75) is 29.2 Å². The van der Waals surface area contributed by atoms with Crippen molar-refractivity contribution in [3.05, 3.63) is 90.0 Å². The summed E-state index contributed by atoms with van der Waals surface area (Å²) < 4.78 is 52.1. The van der Waals surface area contributed by atoms with E-state index in [2.05, 4.69) is 5.32 Å². The third-order valence-corrected chi connectivity index (χ3v) is 9.14. The van der Waals surface area contributed by atoms with E-state index in [1.807, 2.05) is 6.07 Å². The molecule has 0 bridgehead atoms. The maximum Gasteiger partial charge on any atom is 0.243 e. The number of nitrogens with one attached hydrogen (secondary N) is 1. The summed E-state index contributed by atoms with van der Waals surface area (Å²) in [6, 6.07) is 21.7. The molecule has 0 spiro atoms. The SMILES string of the molecule is O=C(CCS(=O)(=O)c1ccccc1)Nc1ccc2c(c1)CN(S(=O)(=O)c1ccccc1)CC2. The average molecular weight is 485 g/mol. The Labute approximate surface area is 194 Å². The smallest absolute Gasteiger partial charge is 0.243 e. The van der Waals surface area contributed by atoms with Gasteiger partial charge >= 0.3 is 0 Å². The fourth-order valence-electron chi connectivity index (χ4n) is 3.75. The van der Waals surface area contributed by atoms with E-state index >= 15 is 0 Å². The third kappa shape index (κ3) is 5.32. The molecule has 0 aliphatic carbocycles. The van der Waals surface area contributed by atoms with E-state index < -0.39 is 25.8 Å². The number of benzene rings is 3. The molecule has 1 aliphatic rings. The van der Waals surface area contributed by atoms with Gasteiger partial charge in [-0.25, -0.2) is 16.8 Å². The van der Waals surface area contributed by atoms with Gasteiger partial charge in [-0.15, -0.1) is 0 Å². The largest absolute Gasteiger partial charge is 0.326 e. The summed E-state index contributed by atoms with van der Waals surface area (Å²) in [7, 11) is -7.16. The summed E-state index contributed by atoms with van der Waals surface area (Å²) in [5, 5.41) is 2.73. The third-order valence-electron chi connectivity index (χ3n) is 5.55. The highest BCUT2D eigenvalue weighted by Gasteiger charge is 2.28. The van der Waals surface area contributed by atoms with Gasteiger partial charge in [-0.1, -0.05) is 42.5 Å². The Bertz CT molecular complexity index is 1360. The molecule has 4 rings (SSSR count). The van der Waals surface area contributed by atoms with Gasteiger partial charge in [-0.2, -0.15) is 4.31 Å². The van der Waals surface area contributed by atoms with E-state index in [1.165, 1.54) is 16.4 Å². The standard InChI is InChI=1S/C24H24N2O5S2/c27-24(14-16-32(28,29)22-7-3-1-4-8-22)25-21-12-11-19-13-15-26(18-20(19)17-21)33(30,31)23-9-5-2-6-10-23/h1-12,17H,13-16,18H2,(H,25,27). The second-order valence-electron chi connectivity index (χ2n) is 7.82. The summed E-state index contributed by atoms with van der Waals surface area (Å²) in [6.07, 6.45) is 0.397. The van der Waals surface area contributed by atoms with Crippen LogP contribution in [0.1, 0.15) is 17.5 Å². The molecule has 1 N–H and O–H groups in total. The van der Waals surface area contributed by atoms with E-state index in [1.54, 1.807) is 60.7 Å². The summed E-state index contributed by atoms with van der Waals surface area (Å²) in [5.74, 6) is -0.712. The highest BCUT2D eigenvalue weighted by molar-refractivity contribution is 7.91. The van der Waals surface area contributed by atoms with Gasteiger partial charge in [0, 0.05) is 25.2 Å². The number of hydrogen-bond acceptors (Lipinski definition) is 5. The topological polar surface area (TPSA) is 101 Å². The van der Waals surface area contributed by atoms with Crippen molar-refractivity contribution in [3.8, 4) is 0 Å². The Morgan fingerprint density at radius 1 is 0.818 bits per heavy atom. The van der Waals surface area contributed by atoms with Crippen molar-refractivity contribution in [3.63, 3.8) is 0 Å². The minimum Gasteiger partial charge on any atom is -0.326 e. The molecular formula is C24H24N2O5S2. The number of anilines is 1. The molecule has 1 amide bonds. The van der Waals surface area contributed by atoms with Crippen LogP contribution in [-0.4, -0.2) is 39.3 Å². The predicted molar refractivity (Wildman–Crippen MR) is 126 cm³/mol. The van der Waals surface area contributed by atoms with Gasteiger partial charge in [0.25, 0.3) is 0 Å². The van der Waals surface area contributed by atoms with Crippen LogP contribution in [0.4, 0.5) is 5.69 Å². The van der Waals surface area contributed by atoms with Crippen LogP contribution < -0.4 is 5.32 Å². The summed E-state index contributed by atoms with van der Waals surface area (Å²) in [4.78, 5) is 12.8. The molecule has 1 aliphatic heterocycles. The predicted octanol–water partition coefficient (Wildman–Crippen LogP) is 3.24. The lowest BCUT2D eigenvalue weighted by Gasteiger charge is -2.28. The Hall–Kier alpha value is -3.01. The zero-order chi connectivity index (χ0) is 23.5. The fraction of sp³-hybridized carbons (Fsp3) is 0.208. The van der Waals surface area contributed by atoms with Gasteiger partial charge in [0.15, 0.2) is 9.84 Å². The number of fused-ring (bicyclic) bond motifs is 1. The molecule has 7 nitrogen and oxygen atoms in total. The number of hydrogen-bond donors (Lipinski definition) is 1. The van der Waals surface area contributed by atoms with Crippen molar-refractivity contribution in [1.29, 1.82) is 0 Å². The molecule has 0 saturated heterocycles. The van der Waals surface area contributed by atoms with Crippen LogP contribution in [0.2, 0.25) is 0 Å². The monoisotopic (exact) mass is 484 g/mol. The lowest BCUT2D eigenvalue weighted by molar-refractivity contribution is -0.115. The van der Waals surface area contributed by atoms with E-state index in [9.17, 15) is 21.6 Å². The molecule has 172 valence electrons. The highest BCUT2D eigenvalue weighted by Crippen LogP contribution is 2.27. The first-order chi connectivity index (χ1) is 15.8. The molecule has 0 saturated carbocycles. The molecule has 9 heteroatoms. The first-order valence-electron chi connectivity index (χ1n) is 10.5. The van der Waals surface area contributed by atoms with E-state index in [0.29, 0.717) is 18.7 Å². The molecule has 0 unspecified atom stereocenters. The van der Waals surface area contributed by atoms with Gasteiger partial charge in [0.1, 0.15) is 0 Å². The van der Waals surface area contributed by atoms with Crippen molar-refractivity contribution in [2.24, 2.45) is 0 Å². The van der Waals surface area contributed by atoms with Crippen LogP contribution in [0.25, 0.3) is 0 Å². The minimum atomic E-state index is -3.61. The molecular weight excluding hydrogens is 460 g/mol. The number of sulfonamides is 1. The quantitative estimate of drug-likeness (QED) is 0.555. The average Bonchev–Trinajstić information content (AvgIpc) is 2.83. The first kappa shape index (κ1) is 23.2. The summed E-state index contributed by atoms with van der Waals surface area (Å²) in [5.41, 5.74) is 2.35. The van der Waals surface area contributed by atoms with Crippen LogP contribution in [0.5, 0.6) is 0 Å². The number of sulfone groups is 1. The Morgan fingerprint density at radius 3 is 2.12 bits per heavy atom. The first-order valence-corrected chi connectivity index (χ1v) is 13.6. The summed E-state index contributed by atoms with van der Waals surface area (Å²) >= 11 is 0.